The Morgan fingerprint density at radius 3 is 2.77 bits per heavy atom. The molecule has 0 atom stereocenters. The van der Waals surface area contributed by atoms with Gasteiger partial charge in [-0.2, -0.15) is 4.98 Å². The quantitative estimate of drug-likeness (QED) is 0.653. The van der Waals surface area contributed by atoms with Crippen molar-refractivity contribution in [3.63, 3.8) is 0 Å². The minimum absolute atomic E-state index is 0.654. The Bertz CT molecular complexity index is 729. The molecule has 1 aromatic carbocycles. The highest BCUT2D eigenvalue weighted by molar-refractivity contribution is 5.40. The smallest absolute Gasteiger partial charge is 0.224 e. The maximum atomic E-state index is 5.39. The lowest BCUT2D eigenvalue weighted by atomic mass is 9.97. The average molecular weight is 352 g/mol. The highest BCUT2D eigenvalue weighted by Gasteiger charge is 2.05. The second-order valence-electron chi connectivity index (χ2n) is 6.54. The Labute approximate surface area is 155 Å². The minimum Gasteiger partial charge on any atom is -0.496 e. The molecule has 0 saturated heterocycles. The summed E-state index contributed by atoms with van der Waals surface area (Å²) in [7, 11) is 1.70. The van der Waals surface area contributed by atoms with Crippen LogP contribution in [0.3, 0.4) is 0 Å². The largest absolute Gasteiger partial charge is 0.496 e. The van der Waals surface area contributed by atoms with Crippen molar-refractivity contribution in [2.45, 2.75) is 38.5 Å². The Balaban J connectivity index is 1.45. The van der Waals surface area contributed by atoms with Crippen LogP contribution in [0, 0.1) is 0 Å². The molecule has 5 heteroatoms. The molecule has 1 heterocycles. The van der Waals surface area contributed by atoms with Gasteiger partial charge in [0.25, 0.3) is 0 Å². The molecule has 0 radical (unpaired) electrons. The zero-order chi connectivity index (χ0) is 18.0. The summed E-state index contributed by atoms with van der Waals surface area (Å²) in [4.78, 5) is 8.85. The van der Waals surface area contributed by atoms with E-state index in [9.17, 15) is 0 Å². The highest BCUT2D eigenvalue weighted by Crippen LogP contribution is 2.20. The van der Waals surface area contributed by atoms with Crippen LogP contribution in [0.25, 0.3) is 0 Å². The summed E-state index contributed by atoms with van der Waals surface area (Å²) < 4.78 is 5.39. The third-order valence-electron chi connectivity index (χ3n) is 4.66. The number of hydrogen-bond donors (Lipinski definition) is 2. The predicted molar refractivity (Wildman–Crippen MR) is 107 cm³/mol. The first-order valence-electron chi connectivity index (χ1n) is 9.46. The first kappa shape index (κ1) is 18.2. The van der Waals surface area contributed by atoms with E-state index in [1.165, 1.54) is 31.2 Å². The summed E-state index contributed by atoms with van der Waals surface area (Å²) >= 11 is 0. The molecule has 0 amide bonds. The van der Waals surface area contributed by atoms with Gasteiger partial charge >= 0.3 is 0 Å². The molecule has 5 nitrogen and oxygen atoms in total. The number of methoxy groups -OCH3 is 1. The molecule has 0 fully saturated rings. The Morgan fingerprint density at radius 1 is 1.04 bits per heavy atom. The van der Waals surface area contributed by atoms with Gasteiger partial charge in [0, 0.05) is 19.3 Å². The summed E-state index contributed by atoms with van der Waals surface area (Å²) in [6.45, 7) is 1.68. The number of nitrogens with one attached hydrogen (secondary N) is 2. The van der Waals surface area contributed by atoms with Crippen molar-refractivity contribution in [2.24, 2.45) is 0 Å². The lowest BCUT2D eigenvalue weighted by Gasteiger charge is -2.13. The van der Waals surface area contributed by atoms with Crippen molar-refractivity contribution in [3.05, 3.63) is 53.7 Å². The van der Waals surface area contributed by atoms with E-state index < -0.39 is 0 Å². The molecule has 3 rings (SSSR count). The first-order valence-corrected chi connectivity index (χ1v) is 9.46. The van der Waals surface area contributed by atoms with Crippen molar-refractivity contribution in [3.8, 4) is 5.75 Å². The molecule has 0 spiro atoms. The van der Waals surface area contributed by atoms with E-state index in [4.69, 9.17) is 4.74 Å². The summed E-state index contributed by atoms with van der Waals surface area (Å²) in [6, 6.07) is 10.00. The van der Waals surface area contributed by atoms with E-state index in [1.54, 1.807) is 18.9 Å². The van der Waals surface area contributed by atoms with Crippen molar-refractivity contribution in [1.29, 1.82) is 0 Å². The maximum absolute atomic E-state index is 5.39. The van der Waals surface area contributed by atoms with Gasteiger partial charge in [-0.1, -0.05) is 29.8 Å². The fourth-order valence-corrected chi connectivity index (χ4v) is 3.24. The summed E-state index contributed by atoms with van der Waals surface area (Å²) in [5.41, 5.74) is 2.76. The summed E-state index contributed by atoms with van der Waals surface area (Å²) in [5, 5.41) is 6.70. The molecule has 1 aromatic heterocycles. The molecule has 2 N–H and O–H groups in total. The van der Waals surface area contributed by atoms with Crippen LogP contribution in [-0.2, 0) is 6.42 Å². The van der Waals surface area contributed by atoms with Gasteiger partial charge in [0.15, 0.2) is 0 Å². The molecule has 1 aliphatic rings. The van der Waals surface area contributed by atoms with Gasteiger partial charge in [-0.25, -0.2) is 4.98 Å². The Hall–Kier alpha value is -2.56. The molecule has 138 valence electrons. The second-order valence-corrected chi connectivity index (χ2v) is 6.54. The van der Waals surface area contributed by atoms with E-state index >= 15 is 0 Å². The maximum Gasteiger partial charge on any atom is 0.224 e. The molecular weight excluding hydrogens is 324 g/mol. The second kappa shape index (κ2) is 9.80. The van der Waals surface area contributed by atoms with E-state index in [0.29, 0.717) is 5.95 Å². The molecule has 0 bridgehead atoms. The van der Waals surface area contributed by atoms with Crippen molar-refractivity contribution < 1.29 is 4.74 Å². The van der Waals surface area contributed by atoms with E-state index in [-0.39, 0.29) is 0 Å². The van der Waals surface area contributed by atoms with Gasteiger partial charge in [0.2, 0.25) is 5.95 Å². The number of anilines is 2. The lowest BCUT2D eigenvalue weighted by Crippen LogP contribution is -2.11. The summed E-state index contributed by atoms with van der Waals surface area (Å²) in [5.74, 6) is 2.45. The number of hydrogen-bond acceptors (Lipinski definition) is 5. The van der Waals surface area contributed by atoms with Gasteiger partial charge in [-0.3, -0.25) is 0 Å². The lowest BCUT2D eigenvalue weighted by molar-refractivity contribution is 0.410. The number of rotatable bonds is 9. The van der Waals surface area contributed by atoms with E-state index in [1.807, 2.05) is 24.3 Å². The summed E-state index contributed by atoms with van der Waals surface area (Å²) in [6.07, 6.45) is 11.3. The number of aromatic nitrogens is 2. The minimum atomic E-state index is 0.654. The predicted octanol–water partition coefficient (Wildman–Crippen LogP) is 4.44. The van der Waals surface area contributed by atoms with Crippen LogP contribution in [0.1, 0.15) is 37.7 Å². The van der Waals surface area contributed by atoms with E-state index in [2.05, 4.69) is 32.7 Å². The molecule has 2 aromatic rings. The number of nitrogens with zero attached hydrogens (tertiary/aromatic N) is 2. The molecule has 26 heavy (non-hydrogen) atoms. The van der Waals surface area contributed by atoms with Crippen LogP contribution < -0.4 is 15.4 Å². The molecule has 1 aliphatic carbocycles. The number of ether oxygens (including phenoxy) is 1. The van der Waals surface area contributed by atoms with Crippen LogP contribution in [-0.4, -0.2) is 30.2 Å². The first-order chi connectivity index (χ1) is 12.8. The monoisotopic (exact) mass is 352 g/mol. The Morgan fingerprint density at radius 2 is 1.92 bits per heavy atom. The van der Waals surface area contributed by atoms with Crippen LogP contribution in [0.4, 0.5) is 11.8 Å². The SMILES string of the molecule is COc1ccccc1CCNc1nccc(NCCC2=CCCCC2)n1. The zero-order valence-electron chi connectivity index (χ0n) is 15.5. The van der Waals surface area contributed by atoms with Gasteiger partial charge < -0.3 is 15.4 Å². The molecule has 0 unspecified atom stereocenters. The normalized spacial score (nSPS) is 13.8. The third kappa shape index (κ3) is 5.48. The Kier molecular flexibility index (Phi) is 6.88. The van der Waals surface area contributed by atoms with Crippen LogP contribution in [0.2, 0.25) is 0 Å². The van der Waals surface area contributed by atoms with Crippen molar-refractivity contribution >= 4 is 11.8 Å². The molecule has 0 saturated carbocycles. The fraction of sp³-hybridized carbons (Fsp3) is 0.429. The fourth-order valence-electron chi connectivity index (χ4n) is 3.24. The number of allylic oxidation sites excluding steroid dienone is 1. The van der Waals surface area contributed by atoms with Crippen LogP contribution in [0.5, 0.6) is 5.75 Å². The highest BCUT2D eigenvalue weighted by atomic mass is 16.5. The van der Waals surface area contributed by atoms with E-state index in [0.717, 1.165) is 37.5 Å². The topological polar surface area (TPSA) is 59.1 Å². The van der Waals surface area contributed by atoms with Gasteiger partial charge in [-0.15, -0.1) is 0 Å². The number of para-hydroxylation sites is 1. The van der Waals surface area contributed by atoms with Crippen molar-refractivity contribution in [2.75, 3.05) is 30.8 Å². The third-order valence-corrected chi connectivity index (χ3v) is 4.66. The van der Waals surface area contributed by atoms with Crippen molar-refractivity contribution in [1.82, 2.24) is 9.97 Å². The van der Waals surface area contributed by atoms with Gasteiger partial charge in [-0.05, 0) is 56.2 Å². The number of benzene rings is 1. The molecular formula is C21H28N4O. The van der Waals surface area contributed by atoms with Gasteiger partial charge in [0.05, 0.1) is 7.11 Å². The molecule has 0 aliphatic heterocycles. The van der Waals surface area contributed by atoms with Crippen LogP contribution in [0.15, 0.2) is 48.2 Å². The zero-order valence-corrected chi connectivity index (χ0v) is 15.5. The van der Waals surface area contributed by atoms with Crippen LogP contribution >= 0.6 is 0 Å². The average Bonchev–Trinajstić information content (AvgIpc) is 2.69. The van der Waals surface area contributed by atoms with Gasteiger partial charge in [0.1, 0.15) is 11.6 Å². The standard InChI is InChI=1S/C21H28N4O/c1-26-19-10-6-5-9-18(19)12-15-23-21-24-16-13-20(25-21)22-14-11-17-7-3-2-4-8-17/h5-7,9-10,13,16H,2-4,8,11-12,14-15H2,1H3,(H2,22,23,24,25).